The Bertz CT molecular complexity index is 955. The number of aromatic nitrogens is 1. The number of benzene rings is 1. The third-order valence-electron chi connectivity index (χ3n) is 6.75. The van der Waals surface area contributed by atoms with E-state index in [1.807, 2.05) is 4.90 Å². The van der Waals surface area contributed by atoms with Crippen molar-refractivity contribution in [2.75, 3.05) is 18.0 Å². The van der Waals surface area contributed by atoms with Gasteiger partial charge in [-0.3, -0.25) is 9.78 Å². The second-order valence-corrected chi connectivity index (χ2v) is 9.18. The van der Waals surface area contributed by atoms with Crippen molar-refractivity contribution in [3.05, 3.63) is 59.4 Å². The summed E-state index contributed by atoms with van der Waals surface area (Å²) in [6.45, 7) is 1.11. The number of anilines is 1. The molecule has 3 atom stereocenters. The number of hydrogen-bond donors (Lipinski definition) is 1. The zero-order valence-electron chi connectivity index (χ0n) is 17.2. The first kappa shape index (κ1) is 20.3. The standard InChI is InChI=1S/C24H26F3N3O/c25-24(26,27)19-11-21(13-28-12-19)30-8-7-20(14-30)29-23(31)10-18-9-22(18)17-5-3-16(4-6-17)15-1-2-15/h3-6,11-13,15,18,20,22H,1-2,7-10,14H2,(H,29,31)/t18-,20+,22+/m0/s1. The molecule has 31 heavy (non-hydrogen) atoms. The Labute approximate surface area is 179 Å². The molecule has 2 aromatic rings. The number of nitrogens with zero attached hydrogens (tertiary/aromatic N) is 2. The summed E-state index contributed by atoms with van der Waals surface area (Å²) in [5.74, 6) is 1.65. The number of alkyl halides is 3. The van der Waals surface area contributed by atoms with Gasteiger partial charge in [-0.15, -0.1) is 0 Å². The lowest BCUT2D eigenvalue weighted by Crippen LogP contribution is -2.37. The van der Waals surface area contributed by atoms with Crippen molar-refractivity contribution in [1.29, 1.82) is 0 Å². The number of carbonyl (C=O) groups excluding carboxylic acids is 1. The molecule has 5 rings (SSSR count). The molecule has 4 nitrogen and oxygen atoms in total. The Kier molecular flexibility index (Phi) is 5.15. The van der Waals surface area contributed by atoms with Crippen LogP contribution in [0.5, 0.6) is 0 Å². The SMILES string of the molecule is O=C(C[C@@H]1C[C@@H]1c1ccc(C2CC2)cc1)N[C@@H]1CCN(c2cncc(C(F)(F)F)c2)C1. The highest BCUT2D eigenvalue weighted by Crippen LogP contribution is 2.50. The number of nitrogens with one attached hydrogen (secondary N) is 1. The van der Waals surface area contributed by atoms with Crippen LogP contribution in [0, 0.1) is 5.92 Å². The molecule has 1 aliphatic heterocycles. The van der Waals surface area contributed by atoms with E-state index in [4.69, 9.17) is 0 Å². The monoisotopic (exact) mass is 429 g/mol. The van der Waals surface area contributed by atoms with Gasteiger partial charge in [0.05, 0.1) is 17.4 Å². The van der Waals surface area contributed by atoms with Crippen molar-refractivity contribution in [3.8, 4) is 0 Å². The number of rotatable bonds is 6. The van der Waals surface area contributed by atoms with E-state index >= 15 is 0 Å². The lowest BCUT2D eigenvalue weighted by Gasteiger charge is -2.20. The van der Waals surface area contributed by atoms with Crippen LogP contribution in [0.15, 0.2) is 42.7 Å². The average Bonchev–Trinajstić information content (AvgIpc) is 3.66. The van der Waals surface area contributed by atoms with Crippen molar-refractivity contribution < 1.29 is 18.0 Å². The van der Waals surface area contributed by atoms with Crippen LogP contribution >= 0.6 is 0 Å². The van der Waals surface area contributed by atoms with Crippen molar-refractivity contribution in [2.24, 2.45) is 5.92 Å². The van der Waals surface area contributed by atoms with E-state index in [0.29, 0.717) is 37.0 Å². The quantitative estimate of drug-likeness (QED) is 0.713. The summed E-state index contributed by atoms with van der Waals surface area (Å²) in [6, 6.07) is 9.98. The molecule has 3 fully saturated rings. The van der Waals surface area contributed by atoms with E-state index < -0.39 is 11.7 Å². The Morgan fingerprint density at radius 2 is 1.84 bits per heavy atom. The fourth-order valence-electron chi connectivity index (χ4n) is 4.71. The summed E-state index contributed by atoms with van der Waals surface area (Å²) < 4.78 is 38.8. The van der Waals surface area contributed by atoms with Gasteiger partial charge >= 0.3 is 6.18 Å². The third-order valence-corrected chi connectivity index (χ3v) is 6.75. The predicted molar refractivity (Wildman–Crippen MR) is 112 cm³/mol. The molecule has 7 heteroatoms. The molecule has 164 valence electrons. The third kappa shape index (κ3) is 4.70. The molecule has 0 bridgehead atoms. The number of amides is 1. The fraction of sp³-hybridized carbons (Fsp3) is 0.500. The van der Waals surface area contributed by atoms with E-state index in [0.717, 1.165) is 31.0 Å². The summed E-state index contributed by atoms with van der Waals surface area (Å²) in [5.41, 5.74) is 2.46. The maximum absolute atomic E-state index is 12.9. The Morgan fingerprint density at radius 3 is 2.55 bits per heavy atom. The first-order chi connectivity index (χ1) is 14.9. The van der Waals surface area contributed by atoms with E-state index in [9.17, 15) is 18.0 Å². The molecule has 1 N–H and O–H groups in total. The Hall–Kier alpha value is -2.57. The smallest absolute Gasteiger partial charge is 0.368 e. The maximum atomic E-state index is 12.9. The van der Waals surface area contributed by atoms with Gasteiger partial charge in [-0.1, -0.05) is 24.3 Å². The molecule has 0 unspecified atom stereocenters. The molecule has 2 saturated carbocycles. The summed E-state index contributed by atoms with van der Waals surface area (Å²) in [6.07, 6.45) is 2.75. The minimum Gasteiger partial charge on any atom is -0.368 e. The van der Waals surface area contributed by atoms with Crippen LogP contribution in [-0.4, -0.2) is 30.0 Å². The highest BCUT2D eigenvalue weighted by molar-refractivity contribution is 5.77. The summed E-state index contributed by atoms with van der Waals surface area (Å²) >= 11 is 0. The highest BCUT2D eigenvalue weighted by atomic mass is 19.4. The van der Waals surface area contributed by atoms with Crippen LogP contribution in [-0.2, 0) is 11.0 Å². The van der Waals surface area contributed by atoms with Crippen molar-refractivity contribution in [2.45, 2.75) is 56.2 Å². The molecule has 2 aliphatic carbocycles. The molecule has 3 aliphatic rings. The minimum atomic E-state index is -4.41. The van der Waals surface area contributed by atoms with Gasteiger partial charge in [0.2, 0.25) is 5.91 Å². The van der Waals surface area contributed by atoms with Crippen molar-refractivity contribution in [3.63, 3.8) is 0 Å². The number of halogens is 3. The Morgan fingerprint density at radius 1 is 1.10 bits per heavy atom. The number of hydrogen-bond acceptors (Lipinski definition) is 3. The van der Waals surface area contributed by atoms with Gasteiger partial charge in [0.15, 0.2) is 0 Å². The van der Waals surface area contributed by atoms with Gasteiger partial charge in [-0.2, -0.15) is 13.2 Å². The molecular weight excluding hydrogens is 403 g/mol. The van der Waals surface area contributed by atoms with Gasteiger partial charge in [-0.25, -0.2) is 0 Å². The predicted octanol–water partition coefficient (Wildman–Crippen LogP) is 4.87. The molecular formula is C24H26F3N3O. The lowest BCUT2D eigenvalue weighted by atomic mass is 10.0. The molecule has 0 spiro atoms. The molecule has 1 amide bonds. The van der Waals surface area contributed by atoms with Gasteiger partial charge < -0.3 is 10.2 Å². The number of carbonyl (C=O) groups is 1. The molecule has 2 heterocycles. The summed E-state index contributed by atoms with van der Waals surface area (Å²) in [4.78, 5) is 18.1. The van der Waals surface area contributed by atoms with Crippen molar-refractivity contribution >= 4 is 11.6 Å². The van der Waals surface area contributed by atoms with Crippen molar-refractivity contribution in [1.82, 2.24) is 10.3 Å². The first-order valence-corrected chi connectivity index (χ1v) is 11.0. The molecule has 1 aromatic heterocycles. The van der Waals surface area contributed by atoms with Gasteiger partial charge in [-0.05, 0) is 60.6 Å². The second kappa shape index (κ2) is 7.84. The van der Waals surface area contributed by atoms with Crippen LogP contribution in [0.2, 0.25) is 0 Å². The van der Waals surface area contributed by atoms with Crippen LogP contribution in [0.3, 0.4) is 0 Å². The van der Waals surface area contributed by atoms with E-state index in [2.05, 4.69) is 34.6 Å². The fourth-order valence-corrected chi connectivity index (χ4v) is 4.71. The van der Waals surface area contributed by atoms with Gasteiger partial charge in [0.25, 0.3) is 0 Å². The largest absolute Gasteiger partial charge is 0.417 e. The zero-order valence-corrected chi connectivity index (χ0v) is 17.2. The van der Waals surface area contributed by atoms with Gasteiger partial charge in [0, 0.05) is 31.7 Å². The van der Waals surface area contributed by atoms with Gasteiger partial charge in [0.1, 0.15) is 0 Å². The first-order valence-electron chi connectivity index (χ1n) is 11.0. The molecule has 0 radical (unpaired) electrons. The van der Waals surface area contributed by atoms with E-state index in [-0.39, 0.29) is 11.9 Å². The van der Waals surface area contributed by atoms with Crippen LogP contribution in [0.1, 0.15) is 60.6 Å². The molecule has 1 aromatic carbocycles. The minimum absolute atomic E-state index is 0.0381. The van der Waals surface area contributed by atoms with Crippen LogP contribution in [0.25, 0.3) is 0 Å². The second-order valence-electron chi connectivity index (χ2n) is 9.18. The summed E-state index contributed by atoms with van der Waals surface area (Å²) in [7, 11) is 0. The summed E-state index contributed by atoms with van der Waals surface area (Å²) in [5, 5.41) is 3.08. The van der Waals surface area contributed by atoms with E-state index in [1.54, 1.807) is 0 Å². The topological polar surface area (TPSA) is 45.2 Å². The van der Waals surface area contributed by atoms with Crippen LogP contribution in [0.4, 0.5) is 18.9 Å². The number of pyridine rings is 1. The zero-order chi connectivity index (χ0) is 21.6. The van der Waals surface area contributed by atoms with E-state index in [1.165, 1.54) is 30.2 Å². The lowest BCUT2D eigenvalue weighted by molar-refractivity contribution is -0.137. The molecule has 1 saturated heterocycles. The average molecular weight is 429 g/mol. The normalized spacial score (nSPS) is 25.5. The maximum Gasteiger partial charge on any atom is 0.417 e. The Balaban J connectivity index is 1.10. The highest BCUT2D eigenvalue weighted by Gasteiger charge is 2.40. The van der Waals surface area contributed by atoms with Crippen LogP contribution < -0.4 is 10.2 Å².